The Labute approximate surface area is 142 Å². The Hall–Kier alpha value is -1.31. The molecule has 0 saturated heterocycles. The fourth-order valence-electron chi connectivity index (χ4n) is 1.91. The van der Waals surface area contributed by atoms with Crippen molar-refractivity contribution in [2.75, 3.05) is 13.6 Å². The van der Waals surface area contributed by atoms with Crippen molar-refractivity contribution in [2.45, 2.75) is 26.0 Å². The molecule has 1 atom stereocenters. The standard InChI is InChI=1S/C15H20BrN3O2S/c1-10-4-6-12(21-10)15(2,20)9-19-14(17-3)18-8-11-5-7-13(16)22-11/h4-7,20H,8-9H2,1-3H3,(H2,17,18,19). The molecule has 0 saturated carbocycles. The Balaban J connectivity index is 1.88. The van der Waals surface area contributed by atoms with E-state index < -0.39 is 5.60 Å². The van der Waals surface area contributed by atoms with Crippen molar-refractivity contribution in [3.8, 4) is 0 Å². The third-order valence-electron chi connectivity index (χ3n) is 3.15. The summed E-state index contributed by atoms with van der Waals surface area (Å²) in [5.74, 6) is 1.95. The highest BCUT2D eigenvalue weighted by Crippen LogP contribution is 2.22. The van der Waals surface area contributed by atoms with Gasteiger partial charge in [0.1, 0.15) is 17.1 Å². The lowest BCUT2D eigenvalue weighted by atomic mass is 10.0. The van der Waals surface area contributed by atoms with E-state index in [1.165, 1.54) is 4.88 Å². The summed E-state index contributed by atoms with van der Waals surface area (Å²) in [4.78, 5) is 5.35. The Morgan fingerprint density at radius 3 is 2.68 bits per heavy atom. The molecule has 2 heterocycles. The molecular formula is C15H20BrN3O2S. The number of hydrogen-bond acceptors (Lipinski definition) is 4. The van der Waals surface area contributed by atoms with E-state index in [1.54, 1.807) is 31.4 Å². The van der Waals surface area contributed by atoms with Gasteiger partial charge < -0.3 is 20.2 Å². The van der Waals surface area contributed by atoms with Crippen molar-refractivity contribution in [3.63, 3.8) is 0 Å². The summed E-state index contributed by atoms with van der Waals surface area (Å²) in [6.45, 7) is 4.54. The van der Waals surface area contributed by atoms with Gasteiger partial charge in [0.05, 0.1) is 16.9 Å². The maximum absolute atomic E-state index is 10.5. The first kappa shape index (κ1) is 17.1. The molecular weight excluding hydrogens is 366 g/mol. The molecule has 0 fully saturated rings. The van der Waals surface area contributed by atoms with Gasteiger partial charge in [-0.25, -0.2) is 0 Å². The Bertz CT molecular complexity index is 649. The molecule has 5 nitrogen and oxygen atoms in total. The van der Waals surface area contributed by atoms with Crippen LogP contribution in [0.1, 0.15) is 23.3 Å². The van der Waals surface area contributed by atoms with Gasteiger partial charge in [-0.3, -0.25) is 4.99 Å². The van der Waals surface area contributed by atoms with Gasteiger partial charge >= 0.3 is 0 Å². The van der Waals surface area contributed by atoms with Gasteiger partial charge in [0.15, 0.2) is 5.96 Å². The first-order valence-electron chi connectivity index (χ1n) is 6.89. The number of furan rings is 1. The molecule has 1 unspecified atom stereocenters. The van der Waals surface area contributed by atoms with Gasteiger partial charge in [-0.05, 0) is 54.0 Å². The summed E-state index contributed by atoms with van der Waals surface area (Å²) in [6, 6.07) is 7.70. The lowest BCUT2D eigenvalue weighted by molar-refractivity contribution is 0.0378. The first-order chi connectivity index (χ1) is 10.4. The monoisotopic (exact) mass is 385 g/mol. The van der Waals surface area contributed by atoms with Gasteiger partial charge in [-0.15, -0.1) is 11.3 Å². The fourth-order valence-corrected chi connectivity index (χ4v) is 3.33. The molecule has 0 spiro atoms. The molecule has 0 aliphatic rings. The first-order valence-corrected chi connectivity index (χ1v) is 8.49. The number of halogens is 1. The molecule has 3 N–H and O–H groups in total. The molecule has 7 heteroatoms. The minimum Gasteiger partial charge on any atom is -0.463 e. The molecule has 0 amide bonds. The predicted molar refractivity (Wildman–Crippen MR) is 93.2 cm³/mol. The zero-order valence-electron chi connectivity index (χ0n) is 12.8. The lowest BCUT2D eigenvalue weighted by Crippen LogP contribution is -2.44. The van der Waals surface area contributed by atoms with E-state index in [1.807, 2.05) is 19.1 Å². The summed E-state index contributed by atoms with van der Waals surface area (Å²) in [6.07, 6.45) is 0. The average molecular weight is 386 g/mol. The van der Waals surface area contributed by atoms with Gasteiger partial charge in [-0.1, -0.05) is 0 Å². The molecule has 2 rings (SSSR count). The number of aliphatic hydroxyl groups is 1. The number of aliphatic imine (C=N–C) groups is 1. The molecule has 2 aromatic rings. The molecule has 0 aromatic carbocycles. The normalized spacial score (nSPS) is 14.7. The van der Waals surface area contributed by atoms with Crippen LogP contribution in [0.25, 0.3) is 0 Å². The number of aryl methyl sites for hydroxylation is 1. The van der Waals surface area contributed by atoms with Crippen molar-refractivity contribution in [2.24, 2.45) is 4.99 Å². The number of thiophene rings is 1. The number of rotatable bonds is 5. The molecule has 120 valence electrons. The second-order valence-electron chi connectivity index (χ2n) is 5.17. The van der Waals surface area contributed by atoms with Crippen LogP contribution in [0.15, 0.2) is 37.5 Å². The van der Waals surface area contributed by atoms with E-state index in [0.717, 1.165) is 9.55 Å². The number of hydrogen-bond donors (Lipinski definition) is 3. The summed E-state index contributed by atoms with van der Waals surface area (Å²) in [5, 5.41) is 16.8. The van der Waals surface area contributed by atoms with Crippen LogP contribution in [0.4, 0.5) is 0 Å². The van der Waals surface area contributed by atoms with Crippen molar-refractivity contribution in [1.29, 1.82) is 0 Å². The van der Waals surface area contributed by atoms with E-state index in [9.17, 15) is 5.11 Å². The smallest absolute Gasteiger partial charge is 0.191 e. The molecule has 0 aliphatic carbocycles. The zero-order chi connectivity index (χ0) is 16.2. The highest BCUT2D eigenvalue weighted by molar-refractivity contribution is 9.11. The predicted octanol–water partition coefficient (Wildman–Crippen LogP) is 2.98. The highest BCUT2D eigenvalue weighted by Gasteiger charge is 2.27. The molecule has 2 aromatic heterocycles. The van der Waals surface area contributed by atoms with E-state index in [4.69, 9.17) is 4.42 Å². The molecule has 0 bridgehead atoms. The van der Waals surface area contributed by atoms with Crippen LogP contribution in [0, 0.1) is 6.92 Å². The number of guanidine groups is 1. The van der Waals surface area contributed by atoms with Crippen LogP contribution < -0.4 is 10.6 Å². The largest absolute Gasteiger partial charge is 0.463 e. The van der Waals surface area contributed by atoms with Crippen molar-refractivity contribution in [3.05, 3.63) is 44.4 Å². The summed E-state index contributed by atoms with van der Waals surface area (Å²) in [5.41, 5.74) is -1.10. The van der Waals surface area contributed by atoms with Crippen molar-refractivity contribution >= 4 is 33.2 Å². The van der Waals surface area contributed by atoms with E-state index in [0.29, 0.717) is 24.8 Å². The third-order valence-corrected chi connectivity index (χ3v) is 4.78. The topological polar surface area (TPSA) is 69.8 Å². The summed E-state index contributed by atoms with van der Waals surface area (Å²) < 4.78 is 6.59. The number of nitrogens with zero attached hydrogens (tertiary/aromatic N) is 1. The average Bonchev–Trinajstić information content (AvgIpc) is 3.08. The summed E-state index contributed by atoms with van der Waals surface area (Å²) >= 11 is 5.11. The van der Waals surface area contributed by atoms with E-state index >= 15 is 0 Å². The van der Waals surface area contributed by atoms with E-state index in [-0.39, 0.29) is 0 Å². The van der Waals surface area contributed by atoms with Gasteiger partial charge in [-0.2, -0.15) is 0 Å². The van der Waals surface area contributed by atoms with Crippen LogP contribution in [-0.2, 0) is 12.1 Å². The fraction of sp³-hybridized carbons (Fsp3) is 0.400. The SMILES string of the molecule is CN=C(NCc1ccc(Br)s1)NCC(C)(O)c1ccc(C)o1. The zero-order valence-corrected chi connectivity index (χ0v) is 15.2. The van der Waals surface area contributed by atoms with Crippen LogP contribution in [0.5, 0.6) is 0 Å². The van der Waals surface area contributed by atoms with Crippen molar-refractivity contribution in [1.82, 2.24) is 10.6 Å². The maximum atomic E-state index is 10.5. The minimum atomic E-state index is -1.10. The van der Waals surface area contributed by atoms with E-state index in [2.05, 4.69) is 37.6 Å². The highest BCUT2D eigenvalue weighted by atomic mass is 79.9. The lowest BCUT2D eigenvalue weighted by Gasteiger charge is -2.22. The Morgan fingerprint density at radius 2 is 2.14 bits per heavy atom. The van der Waals surface area contributed by atoms with Gasteiger partial charge in [0.2, 0.25) is 0 Å². The van der Waals surface area contributed by atoms with Crippen LogP contribution >= 0.6 is 27.3 Å². The second-order valence-corrected chi connectivity index (χ2v) is 7.72. The number of nitrogens with one attached hydrogen (secondary N) is 2. The van der Waals surface area contributed by atoms with Crippen molar-refractivity contribution < 1.29 is 9.52 Å². The maximum Gasteiger partial charge on any atom is 0.191 e. The van der Waals surface area contributed by atoms with Crippen LogP contribution in [0.2, 0.25) is 0 Å². The molecule has 0 radical (unpaired) electrons. The molecule has 22 heavy (non-hydrogen) atoms. The molecule has 0 aliphatic heterocycles. The third kappa shape index (κ3) is 4.59. The van der Waals surface area contributed by atoms with Gasteiger partial charge in [0, 0.05) is 11.9 Å². The Morgan fingerprint density at radius 1 is 1.36 bits per heavy atom. The second kappa shape index (κ2) is 7.30. The Kier molecular flexibility index (Phi) is 5.66. The quantitative estimate of drug-likeness (QED) is 0.546. The van der Waals surface area contributed by atoms with Crippen LogP contribution in [0.3, 0.4) is 0 Å². The van der Waals surface area contributed by atoms with Gasteiger partial charge in [0.25, 0.3) is 0 Å². The summed E-state index contributed by atoms with van der Waals surface area (Å²) in [7, 11) is 1.70. The minimum absolute atomic E-state index is 0.299. The van der Waals surface area contributed by atoms with Crippen LogP contribution in [-0.4, -0.2) is 24.7 Å².